The molecular weight excluding hydrogens is 254 g/mol. The van der Waals surface area contributed by atoms with Gasteiger partial charge in [0.05, 0.1) is 12.6 Å². The fraction of sp³-hybridized carbons (Fsp3) is 0.867. The molecule has 112 valence electrons. The van der Waals surface area contributed by atoms with Gasteiger partial charge in [0.2, 0.25) is 11.8 Å². The first kappa shape index (κ1) is 13.9. The summed E-state index contributed by atoms with van der Waals surface area (Å²) < 4.78 is 0. The third-order valence-electron chi connectivity index (χ3n) is 5.05. The Morgan fingerprint density at radius 3 is 2.85 bits per heavy atom. The van der Waals surface area contributed by atoms with Crippen LogP contribution in [0.15, 0.2) is 0 Å². The second-order valence-corrected chi connectivity index (χ2v) is 6.57. The standard InChI is InChI=1S/C15H25N3O2/c1-10-8-11(6-7-16-10)15(20)18-9-14(19)17-12-4-2-3-5-13(12)18/h10-13,16H,2-9H2,1H3,(H,17,19)/t10-,11-,12?,13?/m0/s1. The first-order chi connectivity index (χ1) is 9.65. The highest BCUT2D eigenvalue weighted by Gasteiger charge is 2.41. The minimum atomic E-state index is 0.0171. The van der Waals surface area contributed by atoms with Crippen LogP contribution >= 0.6 is 0 Å². The van der Waals surface area contributed by atoms with Crippen LogP contribution in [0.3, 0.4) is 0 Å². The normalized spacial score (nSPS) is 38.0. The number of hydrogen-bond acceptors (Lipinski definition) is 3. The van der Waals surface area contributed by atoms with Crippen LogP contribution in [0.2, 0.25) is 0 Å². The van der Waals surface area contributed by atoms with E-state index in [9.17, 15) is 9.59 Å². The van der Waals surface area contributed by atoms with E-state index >= 15 is 0 Å². The summed E-state index contributed by atoms with van der Waals surface area (Å²) in [5.41, 5.74) is 0. The minimum Gasteiger partial charge on any atom is -0.350 e. The average Bonchev–Trinajstić information content (AvgIpc) is 2.45. The van der Waals surface area contributed by atoms with Crippen molar-refractivity contribution in [2.24, 2.45) is 5.92 Å². The lowest BCUT2D eigenvalue weighted by Gasteiger charge is -2.45. The highest BCUT2D eigenvalue weighted by Crippen LogP contribution is 2.29. The van der Waals surface area contributed by atoms with Gasteiger partial charge in [-0.25, -0.2) is 0 Å². The van der Waals surface area contributed by atoms with Crippen LogP contribution in [0.4, 0.5) is 0 Å². The molecule has 2 amide bonds. The Morgan fingerprint density at radius 2 is 2.05 bits per heavy atom. The van der Waals surface area contributed by atoms with Gasteiger partial charge in [-0.05, 0) is 39.2 Å². The summed E-state index contributed by atoms with van der Waals surface area (Å²) in [6, 6.07) is 0.825. The van der Waals surface area contributed by atoms with Gasteiger partial charge in [-0.2, -0.15) is 0 Å². The molecule has 0 aromatic rings. The number of nitrogens with zero attached hydrogens (tertiary/aromatic N) is 1. The van der Waals surface area contributed by atoms with E-state index in [0.29, 0.717) is 6.04 Å². The second-order valence-electron chi connectivity index (χ2n) is 6.57. The lowest BCUT2D eigenvalue weighted by atomic mass is 9.85. The van der Waals surface area contributed by atoms with Gasteiger partial charge < -0.3 is 15.5 Å². The molecule has 3 fully saturated rings. The molecule has 2 aliphatic heterocycles. The Kier molecular flexibility index (Phi) is 3.96. The maximum absolute atomic E-state index is 12.8. The number of hydrogen-bond donors (Lipinski definition) is 2. The summed E-state index contributed by atoms with van der Waals surface area (Å²) in [7, 11) is 0. The van der Waals surface area contributed by atoms with Crippen molar-refractivity contribution >= 4 is 11.8 Å². The molecule has 3 rings (SSSR count). The Balaban J connectivity index is 1.72. The topological polar surface area (TPSA) is 61.4 Å². The number of carbonyl (C=O) groups excluding carboxylic acids is 2. The highest BCUT2D eigenvalue weighted by atomic mass is 16.2. The largest absolute Gasteiger partial charge is 0.350 e. The molecule has 2 N–H and O–H groups in total. The summed E-state index contributed by atoms with van der Waals surface area (Å²) in [6.07, 6.45) is 6.18. The fourth-order valence-corrected chi connectivity index (χ4v) is 4.01. The summed E-state index contributed by atoms with van der Waals surface area (Å²) in [4.78, 5) is 26.6. The Labute approximate surface area is 120 Å². The quantitative estimate of drug-likeness (QED) is 0.740. The van der Waals surface area contributed by atoms with Gasteiger partial charge in [0.1, 0.15) is 0 Å². The molecule has 0 aromatic heterocycles. The zero-order valence-electron chi connectivity index (χ0n) is 12.2. The van der Waals surface area contributed by atoms with Crippen LogP contribution in [0.1, 0.15) is 45.4 Å². The average molecular weight is 279 g/mol. The van der Waals surface area contributed by atoms with E-state index in [1.165, 1.54) is 6.42 Å². The number of rotatable bonds is 1. The Morgan fingerprint density at radius 1 is 1.25 bits per heavy atom. The van der Waals surface area contributed by atoms with E-state index in [4.69, 9.17) is 0 Å². The molecule has 1 aliphatic carbocycles. The molecule has 2 unspecified atom stereocenters. The number of nitrogens with one attached hydrogen (secondary N) is 2. The van der Waals surface area contributed by atoms with Crippen molar-refractivity contribution in [1.82, 2.24) is 15.5 Å². The number of fused-ring (bicyclic) bond motifs is 1. The van der Waals surface area contributed by atoms with Gasteiger partial charge in [-0.1, -0.05) is 12.8 Å². The van der Waals surface area contributed by atoms with Crippen LogP contribution in [0, 0.1) is 5.92 Å². The van der Waals surface area contributed by atoms with Crippen LogP contribution < -0.4 is 10.6 Å². The third kappa shape index (κ3) is 2.68. The molecule has 2 saturated heterocycles. The van der Waals surface area contributed by atoms with E-state index in [-0.39, 0.29) is 36.4 Å². The maximum atomic E-state index is 12.8. The smallest absolute Gasteiger partial charge is 0.239 e. The highest BCUT2D eigenvalue weighted by molar-refractivity contribution is 5.87. The number of piperidine rings is 1. The summed E-state index contributed by atoms with van der Waals surface area (Å²) >= 11 is 0. The SMILES string of the molecule is C[C@H]1C[C@@H](C(=O)N2CC(=O)NC3CCCCC32)CCN1. The number of piperazine rings is 1. The minimum absolute atomic E-state index is 0.0171. The molecule has 2 heterocycles. The lowest BCUT2D eigenvalue weighted by molar-refractivity contribution is -0.148. The first-order valence-electron chi connectivity index (χ1n) is 7.98. The molecule has 20 heavy (non-hydrogen) atoms. The van der Waals surface area contributed by atoms with Gasteiger partial charge in [-0.3, -0.25) is 9.59 Å². The first-order valence-corrected chi connectivity index (χ1v) is 7.98. The molecule has 5 nitrogen and oxygen atoms in total. The molecule has 3 aliphatic rings. The Bertz CT molecular complexity index is 399. The van der Waals surface area contributed by atoms with Gasteiger partial charge >= 0.3 is 0 Å². The molecule has 1 saturated carbocycles. The van der Waals surface area contributed by atoms with Crippen molar-refractivity contribution in [3.63, 3.8) is 0 Å². The Hall–Kier alpha value is -1.10. The number of carbonyl (C=O) groups is 2. The zero-order valence-corrected chi connectivity index (χ0v) is 12.2. The summed E-state index contributed by atoms with van der Waals surface area (Å²) in [5.74, 6) is 0.327. The molecule has 0 spiro atoms. The lowest BCUT2D eigenvalue weighted by Crippen LogP contribution is -2.64. The third-order valence-corrected chi connectivity index (χ3v) is 5.05. The van der Waals surface area contributed by atoms with Gasteiger partial charge in [0.25, 0.3) is 0 Å². The van der Waals surface area contributed by atoms with Crippen LogP contribution in [-0.4, -0.2) is 47.9 Å². The predicted molar refractivity (Wildman–Crippen MR) is 76.1 cm³/mol. The second kappa shape index (κ2) is 5.72. The van der Waals surface area contributed by atoms with Crippen molar-refractivity contribution in [2.75, 3.05) is 13.1 Å². The van der Waals surface area contributed by atoms with Crippen LogP contribution in [0.5, 0.6) is 0 Å². The van der Waals surface area contributed by atoms with Gasteiger partial charge in [0, 0.05) is 18.0 Å². The van der Waals surface area contributed by atoms with Crippen molar-refractivity contribution < 1.29 is 9.59 Å². The maximum Gasteiger partial charge on any atom is 0.239 e. The van der Waals surface area contributed by atoms with Crippen molar-refractivity contribution in [2.45, 2.75) is 63.6 Å². The van der Waals surface area contributed by atoms with Gasteiger partial charge in [0.15, 0.2) is 0 Å². The monoisotopic (exact) mass is 279 g/mol. The van der Waals surface area contributed by atoms with E-state index in [2.05, 4.69) is 17.6 Å². The van der Waals surface area contributed by atoms with E-state index in [1.54, 1.807) is 0 Å². The molecule has 0 radical (unpaired) electrons. The van der Waals surface area contributed by atoms with Crippen LogP contribution in [0.25, 0.3) is 0 Å². The summed E-state index contributed by atoms with van der Waals surface area (Å²) in [5, 5.41) is 6.45. The van der Waals surface area contributed by atoms with Crippen LogP contribution in [-0.2, 0) is 9.59 Å². The van der Waals surface area contributed by atoms with E-state index in [1.807, 2.05) is 4.90 Å². The van der Waals surface area contributed by atoms with Crippen molar-refractivity contribution in [3.05, 3.63) is 0 Å². The van der Waals surface area contributed by atoms with E-state index in [0.717, 1.165) is 38.6 Å². The summed E-state index contributed by atoms with van der Waals surface area (Å²) in [6.45, 7) is 3.30. The van der Waals surface area contributed by atoms with Crippen molar-refractivity contribution in [3.8, 4) is 0 Å². The number of amides is 2. The zero-order chi connectivity index (χ0) is 14.1. The molecule has 0 aromatic carbocycles. The molecular formula is C15H25N3O2. The molecule has 5 heteroatoms. The van der Waals surface area contributed by atoms with Crippen molar-refractivity contribution in [1.29, 1.82) is 0 Å². The molecule has 0 bridgehead atoms. The van der Waals surface area contributed by atoms with E-state index < -0.39 is 0 Å². The molecule has 4 atom stereocenters. The fourth-order valence-electron chi connectivity index (χ4n) is 4.01. The van der Waals surface area contributed by atoms with Gasteiger partial charge in [-0.15, -0.1) is 0 Å². The predicted octanol–water partition coefficient (Wildman–Crippen LogP) is 0.644.